The van der Waals surface area contributed by atoms with Crippen molar-refractivity contribution in [2.24, 2.45) is 0 Å². The van der Waals surface area contributed by atoms with E-state index in [2.05, 4.69) is 15.9 Å². The minimum Gasteiger partial charge on any atom is -0.385 e. The van der Waals surface area contributed by atoms with E-state index in [1.165, 1.54) is 0 Å². The van der Waals surface area contributed by atoms with Crippen LogP contribution in [0.1, 0.15) is 19.3 Å². The Morgan fingerprint density at radius 1 is 1.19 bits per heavy atom. The van der Waals surface area contributed by atoms with Crippen LogP contribution in [0.5, 0.6) is 0 Å². The fraction of sp³-hybridized carbons (Fsp3) is 0.500. The summed E-state index contributed by atoms with van der Waals surface area (Å²) in [7, 11) is 0.850. The molecule has 90 valence electrons. The number of benzene rings is 1. The molecule has 0 heterocycles. The lowest BCUT2D eigenvalue weighted by molar-refractivity contribution is 0.192. The van der Waals surface area contributed by atoms with Gasteiger partial charge in [0.1, 0.15) is 0 Å². The van der Waals surface area contributed by atoms with Gasteiger partial charge in [-0.05, 0) is 37.1 Å². The highest BCUT2D eigenvalue weighted by Gasteiger charge is 2.02. The topological polar surface area (TPSA) is 26.3 Å². The van der Waals surface area contributed by atoms with Crippen molar-refractivity contribution in [3.63, 3.8) is 0 Å². The number of methoxy groups -OCH3 is 1. The highest BCUT2D eigenvalue weighted by molar-refractivity contribution is 9.10. The fourth-order valence-corrected chi connectivity index (χ4v) is 2.77. The second-order valence-electron chi connectivity index (χ2n) is 3.56. The van der Waals surface area contributed by atoms with Crippen LogP contribution in [0.3, 0.4) is 0 Å². The van der Waals surface area contributed by atoms with Crippen molar-refractivity contribution in [1.82, 2.24) is 0 Å². The molecular formula is C12H17BrO2S. The number of rotatable bonds is 7. The molecule has 0 unspecified atom stereocenters. The molecule has 0 N–H and O–H groups in total. The Bertz CT molecular complexity index is 324. The van der Waals surface area contributed by atoms with Gasteiger partial charge in [0.2, 0.25) is 0 Å². The smallest absolute Gasteiger partial charge is 0.0529 e. The van der Waals surface area contributed by atoms with E-state index in [1.807, 2.05) is 24.3 Å². The molecule has 0 radical (unpaired) electrons. The zero-order chi connectivity index (χ0) is 11.8. The Labute approximate surface area is 108 Å². The molecule has 1 atom stereocenters. The molecule has 0 amide bonds. The van der Waals surface area contributed by atoms with Gasteiger partial charge in [0.15, 0.2) is 0 Å². The quantitative estimate of drug-likeness (QED) is 0.722. The van der Waals surface area contributed by atoms with Crippen molar-refractivity contribution in [3.05, 3.63) is 28.7 Å². The fourth-order valence-electron chi connectivity index (χ4n) is 1.36. The first-order valence-corrected chi connectivity index (χ1v) is 7.48. The SMILES string of the molecule is COCCCCC[S@@](=O)c1ccc(Br)cc1. The van der Waals surface area contributed by atoms with Crippen LogP contribution in [0.2, 0.25) is 0 Å². The van der Waals surface area contributed by atoms with Gasteiger partial charge in [-0.3, -0.25) is 4.21 Å². The third-order valence-electron chi connectivity index (χ3n) is 2.25. The van der Waals surface area contributed by atoms with Crippen molar-refractivity contribution in [2.75, 3.05) is 19.5 Å². The first-order chi connectivity index (χ1) is 7.74. The van der Waals surface area contributed by atoms with Crippen LogP contribution in [0.25, 0.3) is 0 Å². The summed E-state index contributed by atoms with van der Waals surface area (Å²) in [6.45, 7) is 0.797. The minimum absolute atomic E-state index is 0.741. The summed E-state index contributed by atoms with van der Waals surface area (Å²) in [6, 6.07) is 7.68. The minimum atomic E-state index is -0.859. The molecule has 1 rings (SSSR count). The van der Waals surface area contributed by atoms with Gasteiger partial charge in [0.05, 0.1) is 10.8 Å². The van der Waals surface area contributed by atoms with Crippen molar-refractivity contribution >= 4 is 26.7 Å². The van der Waals surface area contributed by atoms with E-state index in [1.54, 1.807) is 7.11 Å². The van der Waals surface area contributed by atoms with E-state index in [0.29, 0.717) is 0 Å². The van der Waals surface area contributed by atoms with Gasteiger partial charge in [0, 0.05) is 28.8 Å². The van der Waals surface area contributed by atoms with E-state index in [9.17, 15) is 4.21 Å². The molecule has 1 aromatic rings. The molecule has 0 aromatic heterocycles. The summed E-state index contributed by atoms with van der Waals surface area (Å²) in [6.07, 6.45) is 3.12. The average Bonchev–Trinajstić information content (AvgIpc) is 2.29. The summed E-state index contributed by atoms with van der Waals surface area (Å²) in [5, 5.41) is 0. The highest BCUT2D eigenvalue weighted by atomic mass is 79.9. The standard InChI is InChI=1S/C12H17BrO2S/c1-15-9-3-2-4-10-16(14)12-7-5-11(13)6-8-12/h5-8H,2-4,9-10H2,1H3/t16-/m1/s1. The molecule has 0 fully saturated rings. The maximum Gasteiger partial charge on any atom is 0.0529 e. The molecule has 2 nitrogen and oxygen atoms in total. The Balaban J connectivity index is 2.27. The van der Waals surface area contributed by atoms with Crippen molar-refractivity contribution in [2.45, 2.75) is 24.2 Å². The Morgan fingerprint density at radius 3 is 2.50 bits per heavy atom. The predicted octanol–water partition coefficient (Wildman–Crippen LogP) is 3.37. The summed E-state index contributed by atoms with van der Waals surface area (Å²) in [5.74, 6) is 0.741. The molecule has 0 aliphatic heterocycles. The van der Waals surface area contributed by atoms with E-state index >= 15 is 0 Å². The predicted molar refractivity (Wildman–Crippen MR) is 71.1 cm³/mol. The molecule has 16 heavy (non-hydrogen) atoms. The van der Waals surface area contributed by atoms with Crippen LogP contribution < -0.4 is 0 Å². The second kappa shape index (κ2) is 7.98. The van der Waals surface area contributed by atoms with Crippen LogP contribution >= 0.6 is 15.9 Å². The maximum atomic E-state index is 11.9. The van der Waals surface area contributed by atoms with Gasteiger partial charge in [0.25, 0.3) is 0 Å². The molecular weight excluding hydrogens is 288 g/mol. The number of ether oxygens (including phenoxy) is 1. The molecule has 0 spiro atoms. The van der Waals surface area contributed by atoms with Gasteiger partial charge in [-0.1, -0.05) is 22.4 Å². The number of halogens is 1. The lowest BCUT2D eigenvalue weighted by Crippen LogP contribution is -1.99. The van der Waals surface area contributed by atoms with Crippen LogP contribution in [-0.2, 0) is 15.5 Å². The first kappa shape index (κ1) is 13.9. The summed E-state index contributed by atoms with van der Waals surface area (Å²) in [4.78, 5) is 0.912. The Morgan fingerprint density at radius 2 is 1.88 bits per heavy atom. The van der Waals surface area contributed by atoms with Gasteiger partial charge in [-0.25, -0.2) is 0 Å². The van der Waals surface area contributed by atoms with E-state index in [4.69, 9.17) is 4.74 Å². The van der Waals surface area contributed by atoms with Crippen LogP contribution in [0, 0.1) is 0 Å². The van der Waals surface area contributed by atoms with E-state index in [-0.39, 0.29) is 0 Å². The lowest BCUT2D eigenvalue weighted by Gasteiger charge is -2.02. The molecule has 0 aliphatic rings. The van der Waals surface area contributed by atoms with Crippen molar-refractivity contribution < 1.29 is 8.95 Å². The molecule has 0 saturated carbocycles. The summed E-state index contributed by atoms with van der Waals surface area (Å²) in [5.41, 5.74) is 0. The first-order valence-electron chi connectivity index (χ1n) is 5.37. The maximum absolute atomic E-state index is 11.9. The molecule has 0 saturated heterocycles. The lowest BCUT2D eigenvalue weighted by atomic mass is 10.3. The zero-order valence-corrected chi connectivity index (χ0v) is 11.9. The van der Waals surface area contributed by atoms with Crippen molar-refractivity contribution in [1.29, 1.82) is 0 Å². The zero-order valence-electron chi connectivity index (χ0n) is 9.45. The van der Waals surface area contributed by atoms with Crippen LogP contribution in [-0.4, -0.2) is 23.7 Å². The van der Waals surface area contributed by atoms with Crippen molar-refractivity contribution in [3.8, 4) is 0 Å². The average molecular weight is 305 g/mol. The molecule has 1 aromatic carbocycles. The van der Waals surface area contributed by atoms with E-state index < -0.39 is 10.8 Å². The Kier molecular flexibility index (Phi) is 6.92. The van der Waals surface area contributed by atoms with Crippen LogP contribution in [0.4, 0.5) is 0 Å². The third kappa shape index (κ3) is 5.23. The van der Waals surface area contributed by atoms with E-state index in [0.717, 1.165) is 41.0 Å². The van der Waals surface area contributed by atoms with Gasteiger partial charge >= 0.3 is 0 Å². The van der Waals surface area contributed by atoms with Gasteiger partial charge < -0.3 is 4.74 Å². The van der Waals surface area contributed by atoms with Crippen LogP contribution in [0.15, 0.2) is 33.6 Å². The van der Waals surface area contributed by atoms with Gasteiger partial charge in [-0.2, -0.15) is 0 Å². The largest absolute Gasteiger partial charge is 0.385 e. The normalized spacial score (nSPS) is 12.6. The number of unbranched alkanes of at least 4 members (excludes halogenated alkanes) is 2. The molecule has 4 heteroatoms. The monoisotopic (exact) mass is 304 g/mol. The van der Waals surface area contributed by atoms with Gasteiger partial charge in [-0.15, -0.1) is 0 Å². The summed E-state index contributed by atoms with van der Waals surface area (Å²) >= 11 is 3.36. The second-order valence-corrected chi connectivity index (χ2v) is 6.04. The highest BCUT2D eigenvalue weighted by Crippen LogP contribution is 2.14. The number of hydrogen-bond acceptors (Lipinski definition) is 2. The third-order valence-corrected chi connectivity index (χ3v) is 4.24. The molecule has 0 aliphatic carbocycles. The summed E-state index contributed by atoms with van der Waals surface area (Å²) < 4.78 is 17.8. The number of hydrogen-bond donors (Lipinski definition) is 0. The molecule has 0 bridgehead atoms. The Hall–Kier alpha value is -0.190.